The van der Waals surface area contributed by atoms with Gasteiger partial charge in [-0.15, -0.1) is 0 Å². The van der Waals surface area contributed by atoms with E-state index in [-0.39, 0.29) is 6.42 Å². The van der Waals surface area contributed by atoms with Gasteiger partial charge in [0.05, 0.1) is 0 Å². The van der Waals surface area contributed by atoms with E-state index in [1.54, 1.807) is 42.5 Å². The van der Waals surface area contributed by atoms with Gasteiger partial charge < -0.3 is 10.2 Å². The van der Waals surface area contributed by atoms with E-state index in [0.29, 0.717) is 5.56 Å². The third kappa shape index (κ3) is 2.41. The van der Waals surface area contributed by atoms with Crippen LogP contribution in [0, 0.1) is 0 Å². The molecule has 1 unspecified atom stereocenters. The topological polar surface area (TPSA) is 57.5 Å². The monoisotopic (exact) mass is 242 g/mol. The second kappa shape index (κ2) is 5.02. The van der Waals surface area contributed by atoms with Gasteiger partial charge in [-0.1, -0.05) is 60.7 Å². The van der Waals surface area contributed by atoms with Crippen molar-refractivity contribution >= 4 is 5.97 Å². The number of hydrogen-bond acceptors (Lipinski definition) is 2. The van der Waals surface area contributed by atoms with Crippen molar-refractivity contribution < 1.29 is 15.0 Å². The summed E-state index contributed by atoms with van der Waals surface area (Å²) in [6.45, 7) is 0. The van der Waals surface area contributed by atoms with Gasteiger partial charge in [0.1, 0.15) is 0 Å². The number of carbonyl (C=O) groups is 1. The van der Waals surface area contributed by atoms with Crippen LogP contribution >= 0.6 is 0 Å². The van der Waals surface area contributed by atoms with Gasteiger partial charge >= 0.3 is 5.97 Å². The summed E-state index contributed by atoms with van der Waals surface area (Å²) in [5.41, 5.74) is -0.713. The Bertz CT molecular complexity index is 522. The molecule has 0 saturated heterocycles. The molecule has 2 rings (SSSR count). The summed E-state index contributed by atoms with van der Waals surface area (Å²) in [5.74, 6) is -1.24. The number of carboxylic acids is 1. The first-order valence-electron chi connectivity index (χ1n) is 5.68. The molecule has 0 aliphatic heterocycles. The molecule has 92 valence electrons. The van der Waals surface area contributed by atoms with E-state index >= 15 is 0 Å². The number of aliphatic hydroxyl groups is 1. The summed E-state index contributed by atoms with van der Waals surface area (Å²) in [4.78, 5) is 11.4. The molecule has 2 aromatic carbocycles. The second-order valence-corrected chi connectivity index (χ2v) is 4.19. The standard InChI is InChI=1S/C15H14O3/c16-14(17)15(18,13-9-5-2-6-10-13)11-12-7-3-1-4-8-12/h1-10,18H,11H2,(H,16,17). The highest BCUT2D eigenvalue weighted by atomic mass is 16.4. The Labute approximate surface area is 105 Å². The van der Waals surface area contributed by atoms with Crippen LogP contribution in [0.1, 0.15) is 11.1 Å². The molecule has 0 aliphatic carbocycles. The summed E-state index contributed by atoms with van der Waals surface area (Å²) in [5, 5.41) is 19.7. The highest BCUT2D eigenvalue weighted by molar-refractivity contribution is 5.79. The lowest BCUT2D eigenvalue weighted by Gasteiger charge is -2.24. The number of aliphatic carboxylic acids is 1. The van der Waals surface area contributed by atoms with Crippen LogP contribution in [0.3, 0.4) is 0 Å². The normalized spacial score (nSPS) is 13.8. The van der Waals surface area contributed by atoms with Gasteiger partial charge in [0.2, 0.25) is 0 Å². The molecule has 0 amide bonds. The molecule has 0 heterocycles. The summed E-state index contributed by atoms with van der Waals surface area (Å²) >= 11 is 0. The first kappa shape index (κ1) is 12.3. The third-order valence-electron chi connectivity index (χ3n) is 2.91. The van der Waals surface area contributed by atoms with Crippen LogP contribution in [0.15, 0.2) is 60.7 Å². The largest absolute Gasteiger partial charge is 0.479 e. The average molecular weight is 242 g/mol. The molecule has 3 nitrogen and oxygen atoms in total. The molecule has 0 radical (unpaired) electrons. The molecular formula is C15H14O3. The van der Waals surface area contributed by atoms with Gasteiger partial charge in [0.25, 0.3) is 0 Å². The minimum Gasteiger partial charge on any atom is -0.479 e. The van der Waals surface area contributed by atoms with Crippen molar-refractivity contribution in [2.24, 2.45) is 0 Å². The number of rotatable bonds is 4. The predicted molar refractivity (Wildman–Crippen MR) is 68.1 cm³/mol. The first-order valence-corrected chi connectivity index (χ1v) is 5.68. The Morgan fingerprint density at radius 1 is 0.944 bits per heavy atom. The van der Waals surface area contributed by atoms with E-state index in [0.717, 1.165) is 5.56 Å². The van der Waals surface area contributed by atoms with Gasteiger partial charge in [-0.2, -0.15) is 0 Å². The van der Waals surface area contributed by atoms with E-state index in [1.165, 1.54) is 0 Å². The minimum absolute atomic E-state index is 0.0488. The van der Waals surface area contributed by atoms with Crippen LogP contribution < -0.4 is 0 Å². The quantitative estimate of drug-likeness (QED) is 0.864. The summed E-state index contributed by atoms with van der Waals surface area (Å²) in [7, 11) is 0. The second-order valence-electron chi connectivity index (χ2n) is 4.19. The maximum absolute atomic E-state index is 11.4. The minimum atomic E-state index is -1.89. The van der Waals surface area contributed by atoms with Crippen molar-refractivity contribution in [3.8, 4) is 0 Å². The fourth-order valence-electron chi connectivity index (χ4n) is 1.91. The average Bonchev–Trinajstić information content (AvgIpc) is 2.40. The Balaban J connectivity index is 2.37. The van der Waals surface area contributed by atoms with Crippen molar-refractivity contribution in [1.82, 2.24) is 0 Å². The molecule has 3 heteroatoms. The van der Waals surface area contributed by atoms with Crippen LogP contribution in [0.5, 0.6) is 0 Å². The van der Waals surface area contributed by atoms with Gasteiger partial charge in [-0.3, -0.25) is 0 Å². The number of benzene rings is 2. The van der Waals surface area contributed by atoms with Crippen LogP contribution in [0.25, 0.3) is 0 Å². The first-order chi connectivity index (χ1) is 8.63. The van der Waals surface area contributed by atoms with E-state index in [2.05, 4.69) is 0 Å². The molecule has 0 aliphatic rings. The van der Waals surface area contributed by atoms with Crippen LogP contribution in [-0.2, 0) is 16.8 Å². The maximum Gasteiger partial charge on any atom is 0.340 e. The van der Waals surface area contributed by atoms with E-state index in [4.69, 9.17) is 0 Å². The zero-order valence-electron chi connectivity index (χ0n) is 9.78. The maximum atomic E-state index is 11.4. The van der Waals surface area contributed by atoms with Crippen molar-refractivity contribution in [2.75, 3.05) is 0 Å². The lowest BCUT2D eigenvalue weighted by atomic mass is 9.87. The fraction of sp³-hybridized carbons (Fsp3) is 0.133. The number of carboxylic acid groups (broad SMARTS) is 1. The van der Waals surface area contributed by atoms with E-state index in [1.807, 2.05) is 18.2 Å². The van der Waals surface area contributed by atoms with Crippen LogP contribution in [0.4, 0.5) is 0 Å². The lowest BCUT2D eigenvalue weighted by molar-refractivity contribution is -0.159. The van der Waals surface area contributed by atoms with Gasteiger partial charge in [-0.05, 0) is 11.1 Å². The van der Waals surface area contributed by atoms with Crippen molar-refractivity contribution in [3.05, 3.63) is 71.8 Å². The van der Waals surface area contributed by atoms with E-state index in [9.17, 15) is 15.0 Å². The molecular weight excluding hydrogens is 228 g/mol. The highest BCUT2D eigenvalue weighted by Crippen LogP contribution is 2.26. The SMILES string of the molecule is O=C(O)C(O)(Cc1ccccc1)c1ccccc1. The van der Waals surface area contributed by atoms with Crippen LogP contribution in [0.2, 0.25) is 0 Å². The molecule has 18 heavy (non-hydrogen) atoms. The molecule has 0 bridgehead atoms. The Hall–Kier alpha value is -2.13. The molecule has 0 spiro atoms. The van der Waals surface area contributed by atoms with Crippen molar-refractivity contribution in [2.45, 2.75) is 12.0 Å². The van der Waals surface area contributed by atoms with Crippen molar-refractivity contribution in [3.63, 3.8) is 0 Å². The van der Waals surface area contributed by atoms with Gasteiger partial charge in [-0.25, -0.2) is 4.79 Å². The molecule has 2 aromatic rings. The third-order valence-corrected chi connectivity index (χ3v) is 2.91. The Morgan fingerprint density at radius 3 is 1.94 bits per heavy atom. The molecule has 2 N–H and O–H groups in total. The van der Waals surface area contributed by atoms with Gasteiger partial charge in [0, 0.05) is 6.42 Å². The smallest absolute Gasteiger partial charge is 0.340 e. The fourth-order valence-corrected chi connectivity index (χ4v) is 1.91. The van der Waals surface area contributed by atoms with E-state index < -0.39 is 11.6 Å². The predicted octanol–water partition coefficient (Wildman–Crippen LogP) is 2.20. The van der Waals surface area contributed by atoms with Crippen molar-refractivity contribution in [1.29, 1.82) is 0 Å². The Kier molecular flexibility index (Phi) is 3.44. The van der Waals surface area contributed by atoms with Gasteiger partial charge in [0.15, 0.2) is 5.60 Å². The van der Waals surface area contributed by atoms with Crippen LogP contribution in [-0.4, -0.2) is 16.2 Å². The molecule has 0 aromatic heterocycles. The zero-order chi connectivity index (χ0) is 13.0. The summed E-state index contributed by atoms with van der Waals surface area (Å²) in [6.07, 6.45) is 0.0488. The molecule has 0 saturated carbocycles. The number of hydrogen-bond donors (Lipinski definition) is 2. The zero-order valence-corrected chi connectivity index (χ0v) is 9.78. The molecule has 1 atom stereocenters. The molecule has 0 fully saturated rings. The highest BCUT2D eigenvalue weighted by Gasteiger charge is 2.37. The Morgan fingerprint density at radius 2 is 1.44 bits per heavy atom. The summed E-state index contributed by atoms with van der Waals surface area (Å²) in [6, 6.07) is 17.6. The lowest BCUT2D eigenvalue weighted by Crippen LogP contribution is -2.37. The summed E-state index contributed by atoms with van der Waals surface area (Å²) < 4.78 is 0.